The molecule has 2 fully saturated rings. The molecule has 6 heteroatoms. The molecule has 0 saturated carbocycles. The lowest BCUT2D eigenvalue weighted by atomic mass is 9.89. The molecule has 2 heterocycles. The Morgan fingerprint density at radius 2 is 1.81 bits per heavy atom. The number of hydrogen-bond acceptors (Lipinski definition) is 3. The second-order valence-electron chi connectivity index (χ2n) is 8.95. The summed E-state index contributed by atoms with van der Waals surface area (Å²) in [7, 11) is 1.86. The largest absolute Gasteiger partial charge is 0.373 e. The van der Waals surface area contributed by atoms with Crippen LogP contribution in [0.25, 0.3) is 0 Å². The number of likely N-dealkylation sites (tertiary alicyclic amines) is 1. The van der Waals surface area contributed by atoms with Gasteiger partial charge in [0.2, 0.25) is 0 Å². The van der Waals surface area contributed by atoms with E-state index < -0.39 is 0 Å². The number of unbranched alkanes of at least 4 members (excludes halogenated alkanes) is 2. The van der Waals surface area contributed by atoms with E-state index in [9.17, 15) is 0 Å². The summed E-state index contributed by atoms with van der Waals surface area (Å²) in [6.07, 6.45) is 10.5. The van der Waals surface area contributed by atoms with Crippen LogP contribution in [0.3, 0.4) is 0 Å². The van der Waals surface area contributed by atoms with Crippen LogP contribution < -0.4 is 10.6 Å². The van der Waals surface area contributed by atoms with E-state index >= 15 is 0 Å². The summed E-state index contributed by atoms with van der Waals surface area (Å²) in [5, 5.41) is 7.04. The molecule has 2 N–H and O–H groups in total. The zero-order valence-corrected chi connectivity index (χ0v) is 21.9. The smallest absolute Gasteiger partial charge is 0.190 e. The van der Waals surface area contributed by atoms with Gasteiger partial charge in [-0.05, 0) is 70.6 Å². The molecular formula is C25H43IN4O. The molecule has 2 aliphatic rings. The predicted octanol–water partition coefficient (Wildman–Crippen LogP) is 4.90. The van der Waals surface area contributed by atoms with Crippen molar-refractivity contribution in [3.63, 3.8) is 0 Å². The van der Waals surface area contributed by atoms with Gasteiger partial charge in [-0.25, -0.2) is 0 Å². The minimum atomic E-state index is 0. The van der Waals surface area contributed by atoms with Gasteiger partial charge in [-0.3, -0.25) is 4.99 Å². The zero-order chi connectivity index (χ0) is 21.0. The second-order valence-corrected chi connectivity index (χ2v) is 8.95. The molecule has 1 aromatic carbocycles. The highest BCUT2D eigenvalue weighted by Gasteiger charge is 2.27. The Morgan fingerprint density at radius 3 is 2.55 bits per heavy atom. The minimum absolute atomic E-state index is 0. The van der Waals surface area contributed by atoms with Gasteiger partial charge in [0, 0.05) is 32.7 Å². The molecule has 0 spiro atoms. The van der Waals surface area contributed by atoms with Crippen molar-refractivity contribution in [3.8, 4) is 0 Å². The van der Waals surface area contributed by atoms with E-state index in [1.807, 2.05) is 7.05 Å². The number of benzene rings is 1. The predicted molar refractivity (Wildman–Crippen MR) is 142 cm³/mol. The molecule has 2 aliphatic heterocycles. The molecule has 31 heavy (non-hydrogen) atoms. The summed E-state index contributed by atoms with van der Waals surface area (Å²) < 4.78 is 6.15. The number of hydrogen-bond donors (Lipinski definition) is 2. The summed E-state index contributed by atoms with van der Waals surface area (Å²) in [6, 6.07) is 8.80. The summed E-state index contributed by atoms with van der Waals surface area (Å²) in [6.45, 7) is 8.77. The highest BCUT2D eigenvalue weighted by Crippen LogP contribution is 2.33. The molecule has 3 rings (SSSR count). The van der Waals surface area contributed by atoms with Crippen molar-refractivity contribution in [2.24, 2.45) is 10.9 Å². The lowest BCUT2D eigenvalue weighted by Gasteiger charge is -2.32. The molecule has 1 aromatic rings. The third-order valence-electron chi connectivity index (χ3n) is 6.50. The van der Waals surface area contributed by atoms with E-state index in [0.29, 0.717) is 5.92 Å². The highest BCUT2D eigenvalue weighted by molar-refractivity contribution is 14.0. The van der Waals surface area contributed by atoms with Gasteiger partial charge in [0.05, 0.1) is 6.10 Å². The Balaban J connectivity index is 0.00000341. The molecular weight excluding hydrogens is 499 g/mol. The monoisotopic (exact) mass is 542 g/mol. The van der Waals surface area contributed by atoms with E-state index in [-0.39, 0.29) is 30.1 Å². The maximum Gasteiger partial charge on any atom is 0.190 e. The number of guanidine groups is 1. The van der Waals surface area contributed by atoms with Gasteiger partial charge in [0.25, 0.3) is 0 Å². The van der Waals surface area contributed by atoms with Crippen LogP contribution in [0.15, 0.2) is 29.3 Å². The van der Waals surface area contributed by atoms with E-state index in [1.54, 1.807) is 0 Å². The molecule has 0 aliphatic carbocycles. The van der Waals surface area contributed by atoms with Crippen LogP contribution in [0.2, 0.25) is 0 Å². The van der Waals surface area contributed by atoms with Gasteiger partial charge >= 0.3 is 0 Å². The molecule has 0 bridgehead atoms. The average molecular weight is 543 g/mol. The van der Waals surface area contributed by atoms with E-state index in [1.165, 1.54) is 75.7 Å². The van der Waals surface area contributed by atoms with Crippen LogP contribution in [0.4, 0.5) is 0 Å². The molecule has 5 nitrogen and oxygen atoms in total. The van der Waals surface area contributed by atoms with Crippen molar-refractivity contribution in [1.29, 1.82) is 0 Å². The van der Waals surface area contributed by atoms with Crippen molar-refractivity contribution in [2.45, 2.75) is 64.4 Å². The van der Waals surface area contributed by atoms with E-state index in [0.717, 1.165) is 32.1 Å². The Labute approximate surface area is 206 Å². The number of halogens is 1. The van der Waals surface area contributed by atoms with E-state index in [4.69, 9.17) is 4.74 Å². The number of nitrogens with zero attached hydrogens (tertiary/aromatic N) is 2. The van der Waals surface area contributed by atoms with Crippen molar-refractivity contribution >= 4 is 29.9 Å². The number of aliphatic imine (C=N–C) groups is 1. The summed E-state index contributed by atoms with van der Waals surface area (Å²) >= 11 is 0. The second kappa shape index (κ2) is 15.1. The van der Waals surface area contributed by atoms with Crippen LogP contribution in [-0.2, 0) is 4.74 Å². The van der Waals surface area contributed by atoms with Gasteiger partial charge < -0.3 is 20.3 Å². The maximum atomic E-state index is 6.15. The highest BCUT2D eigenvalue weighted by atomic mass is 127. The van der Waals surface area contributed by atoms with Crippen molar-refractivity contribution in [1.82, 2.24) is 15.5 Å². The third kappa shape index (κ3) is 9.26. The number of ether oxygens (including phenoxy) is 1. The molecule has 176 valence electrons. The molecule has 2 saturated heterocycles. The summed E-state index contributed by atoms with van der Waals surface area (Å²) in [5.74, 6) is 1.39. The number of piperidine rings is 1. The Kier molecular flexibility index (Phi) is 12.8. The summed E-state index contributed by atoms with van der Waals surface area (Å²) in [5.41, 5.74) is 2.59. The number of aryl methyl sites for hydroxylation is 1. The first-order valence-electron chi connectivity index (χ1n) is 12.1. The van der Waals surface area contributed by atoms with Crippen LogP contribution in [-0.4, -0.2) is 57.2 Å². The van der Waals surface area contributed by atoms with Gasteiger partial charge in [0.1, 0.15) is 0 Å². The number of nitrogens with one attached hydrogen (secondary N) is 2. The lowest BCUT2D eigenvalue weighted by molar-refractivity contribution is -0.0265. The molecule has 0 radical (unpaired) electrons. The van der Waals surface area contributed by atoms with Gasteiger partial charge in [-0.1, -0.05) is 42.7 Å². The first kappa shape index (κ1) is 26.4. The molecule has 2 unspecified atom stereocenters. The fourth-order valence-corrected chi connectivity index (χ4v) is 4.65. The van der Waals surface area contributed by atoms with Crippen LogP contribution in [0, 0.1) is 12.8 Å². The number of rotatable bonds is 9. The van der Waals surface area contributed by atoms with Crippen molar-refractivity contribution < 1.29 is 4.74 Å². The molecule has 0 aromatic heterocycles. The molecule has 2 atom stereocenters. The first-order chi connectivity index (χ1) is 14.8. The lowest BCUT2D eigenvalue weighted by Crippen LogP contribution is -2.42. The SMILES string of the molecule is CN=C(NCCCCCN1CCCCC1)NCC1CCCOC1c1ccc(C)cc1.I. The fourth-order valence-electron chi connectivity index (χ4n) is 4.65. The zero-order valence-electron chi connectivity index (χ0n) is 19.6. The summed E-state index contributed by atoms with van der Waals surface area (Å²) in [4.78, 5) is 7.05. The van der Waals surface area contributed by atoms with Crippen LogP contribution >= 0.6 is 24.0 Å². The van der Waals surface area contributed by atoms with Crippen LogP contribution in [0.1, 0.15) is 68.6 Å². The van der Waals surface area contributed by atoms with Gasteiger partial charge in [-0.15, -0.1) is 24.0 Å². The minimum Gasteiger partial charge on any atom is -0.373 e. The van der Waals surface area contributed by atoms with Crippen LogP contribution in [0.5, 0.6) is 0 Å². The Morgan fingerprint density at radius 1 is 1.03 bits per heavy atom. The first-order valence-corrected chi connectivity index (χ1v) is 12.1. The van der Waals surface area contributed by atoms with Crippen molar-refractivity contribution in [2.75, 3.05) is 46.4 Å². The maximum absolute atomic E-state index is 6.15. The average Bonchev–Trinajstić information content (AvgIpc) is 2.79. The van der Waals surface area contributed by atoms with E-state index in [2.05, 4.69) is 51.7 Å². The Bertz CT molecular complexity index is 631. The standard InChI is InChI=1S/C25H42N4O.HI/c1-21-11-13-22(14-12-21)24-23(10-9-19-30-24)20-28-25(26-2)27-15-5-3-6-16-29-17-7-4-8-18-29;/h11-14,23-24H,3-10,15-20H2,1-2H3,(H2,26,27,28);1H. The van der Waals surface area contributed by atoms with Gasteiger partial charge in [-0.2, -0.15) is 0 Å². The van der Waals surface area contributed by atoms with Crippen molar-refractivity contribution in [3.05, 3.63) is 35.4 Å². The molecule has 0 amide bonds. The fraction of sp³-hybridized carbons (Fsp3) is 0.720. The quantitative estimate of drug-likeness (QED) is 0.202. The van der Waals surface area contributed by atoms with Gasteiger partial charge in [0.15, 0.2) is 5.96 Å². The topological polar surface area (TPSA) is 48.9 Å². The normalized spacial score (nSPS) is 22.6. The third-order valence-corrected chi connectivity index (χ3v) is 6.50. The Hall–Kier alpha value is -0.860.